The van der Waals surface area contributed by atoms with E-state index in [2.05, 4.69) is 51.0 Å². The van der Waals surface area contributed by atoms with E-state index in [0.717, 1.165) is 18.7 Å². The van der Waals surface area contributed by atoms with Gasteiger partial charge in [0.05, 0.1) is 6.61 Å². The Kier molecular flexibility index (Phi) is 6.32. The minimum atomic E-state index is 0.410. The average molecular weight is 264 g/mol. The van der Waals surface area contributed by atoms with Gasteiger partial charge in [-0.2, -0.15) is 0 Å². The van der Waals surface area contributed by atoms with Crippen LogP contribution in [0.15, 0.2) is 18.2 Å². The molecule has 3 heteroatoms. The lowest BCUT2D eigenvalue weighted by atomic mass is 9.94. The van der Waals surface area contributed by atoms with Crippen LogP contribution in [0.25, 0.3) is 0 Å². The lowest BCUT2D eigenvalue weighted by molar-refractivity contribution is 0.255. The van der Waals surface area contributed by atoms with Gasteiger partial charge in [0.15, 0.2) is 0 Å². The number of hydrogen-bond donors (Lipinski definition) is 1. The molecule has 2 atom stereocenters. The standard InChI is InChI=1S/C16H28N2O/c1-6-19-16-8-7-14(10-13(16)3)15(18(4)5)9-12(2)11-17/h7-8,10,12,15H,6,9,11,17H2,1-5H3. The molecule has 0 aromatic heterocycles. The van der Waals surface area contributed by atoms with Gasteiger partial charge in [0.2, 0.25) is 0 Å². The van der Waals surface area contributed by atoms with Crippen molar-refractivity contribution in [3.8, 4) is 5.75 Å². The van der Waals surface area contributed by atoms with E-state index in [1.54, 1.807) is 0 Å². The number of hydrogen-bond acceptors (Lipinski definition) is 3. The summed E-state index contributed by atoms with van der Waals surface area (Å²) in [6.07, 6.45) is 1.08. The molecule has 1 aromatic rings. The van der Waals surface area contributed by atoms with Crippen LogP contribution in [-0.4, -0.2) is 32.1 Å². The highest BCUT2D eigenvalue weighted by Gasteiger charge is 2.17. The molecule has 2 unspecified atom stereocenters. The van der Waals surface area contributed by atoms with E-state index in [1.807, 2.05) is 6.92 Å². The zero-order chi connectivity index (χ0) is 14.4. The van der Waals surface area contributed by atoms with Crippen molar-refractivity contribution in [3.63, 3.8) is 0 Å². The number of rotatable bonds is 7. The molecule has 3 nitrogen and oxygen atoms in total. The normalized spacial score (nSPS) is 14.5. The molecule has 0 saturated carbocycles. The molecule has 19 heavy (non-hydrogen) atoms. The molecule has 0 aliphatic heterocycles. The van der Waals surface area contributed by atoms with Crippen molar-refractivity contribution in [1.82, 2.24) is 4.90 Å². The van der Waals surface area contributed by atoms with Crippen molar-refractivity contribution in [2.75, 3.05) is 27.2 Å². The first-order valence-electron chi connectivity index (χ1n) is 7.09. The van der Waals surface area contributed by atoms with Crippen molar-refractivity contribution in [1.29, 1.82) is 0 Å². The topological polar surface area (TPSA) is 38.5 Å². The Labute approximate surface area is 117 Å². The molecule has 0 fully saturated rings. The molecule has 0 saturated heterocycles. The Balaban J connectivity index is 2.93. The maximum Gasteiger partial charge on any atom is 0.122 e. The summed E-state index contributed by atoms with van der Waals surface area (Å²) in [5, 5.41) is 0. The average Bonchev–Trinajstić information content (AvgIpc) is 2.38. The number of nitrogens with two attached hydrogens (primary N) is 1. The van der Waals surface area contributed by atoms with Gasteiger partial charge in [-0.15, -0.1) is 0 Å². The summed E-state index contributed by atoms with van der Waals surface area (Å²) in [7, 11) is 4.25. The van der Waals surface area contributed by atoms with Gasteiger partial charge < -0.3 is 15.4 Å². The third kappa shape index (κ3) is 4.51. The molecular weight excluding hydrogens is 236 g/mol. The number of ether oxygens (including phenoxy) is 1. The van der Waals surface area contributed by atoms with E-state index >= 15 is 0 Å². The monoisotopic (exact) mass is 264 g/mol. The van der Waals surface area contributed by atoms with Gasteiger partial charge in [-0.1, -0.05) is 19.1 Å². The fourth-order valence-electron chi connectivity index (χ4n) is 2.32. The summed E-state index contributed by atoms with van der Waals surface area (Å²) in [5.74, 6) is 1.51. The number of benzene rings is 1. The van der Waals surface area contributed by atoms with Crippen LogP contribution in [0.1, 0.15) is 37.4 Å². The number of aryl methyl sites for hydroxylation is 1. The summed E-state index contributed by atoms with van der Waals surface area (Å²) in [5.41, 5.74) is 8.29. The smallest absolute Gasteiger partial charge is 0.122 e. The second-order valence-corrected chi connectivity index (χ2v) is 5.51. The Bertz CT molecular complexity index is 390. The van der Waals surface area contributed by atoms with Crippen molar-refractivity contribution in [2.45, 2.75) is 33.2 Å². The summed E-state index contributed by atoms with van der Waals surface area (Å²) >= 11 is 0. The van der Waals surface area contributed by atoms with Gasteiger partial charge >= 0.3 is 0 Å². The fourth-order valence-corrected chi connectivity index (χ4v) is 2.32. The van der Waals surface area contributed by atoms with E-state index < -0.39 is 0 Å². The van der Waals surface area contributed by atoms with Crippen molar-refractivity contribution in [2.24, 2.45) is 11.7 Å². The Morgan fingerprint density at radius 3 is 2.47 bits per heavy atom. The first-order chi connectivity index (χ1) is 8.99. The first kappa shape index (κ1) is 16.0. The van der Waals surface area contributed by atoms with Crippen LogP contribution >= 0.6 is 0 Å². The molecular formula is C16H28N2O. The Morgan fingerprint density at radius 2 is 2.00 bits per heavy atom. The third-order valence-electron chi connectivity index (χ3n) is 3.53. The lowest BCUT2D eigenvalue weighted by Crippen LogP contribution is -2.24. The van der Waals surface area contributed by atoms with Gasteiger partial charge in [0, 0.05) is 6.04 Å². The van der Waals surface area contributed by atoms with E-state index in [0.29, 0.717) is 18.6 Å². The molecule has 0 radical (unpaired) electrons. The second-order valence-electron chi connectivity index (χ2n) is 5.51. The minimum Gasteiger partial charge on any atom is -0.494 e. The predicted octanol–water partition coefficient (Wildman–Crippen LogP) is 2.98. The van der Waals surface area contributed by atoms with Crippen LogP contribution in [0.2, 0.25) is 0 Å². The first-order valence-corrected chi connectivity index (χ1v) is 7.09. The van der Waals surface area contributed by atoms with Crippen LogP contribution in [0.5, 0.6) is 5.75 Å². The van der Waals surface area contributed by atoms with Gasteiger partial charge in [-0.25, -0.2) is 0 Å². The van der Waals surface area contributed by atoms with Gasteiger partial charge in [0.25, 0.3) is 0 Å². The van der Waals surface area contributed by atoms with Crippen molar-refractivity contribution < 1.29 is 4.74 Å². The molecule has 0 heterocycles. The Morgan fingerprint density at radius 1 is 1.32 bits per heavy atom. The minimum absolute atomic E-state index is 0.410. The SMILES string of the molecule is CCOc1ccc(C(CC(C)CN)N(C)C)cc1C. The summed E-state index contributed by atoms with van der Waals surface area (Å²) in [4.78, 5) is 2.27. The summed E-state index contributed by atoms with van der Waals surface area (Å²) in [6, 6.07) is 6.90. The maximum atomic E-state index is 5.75. The predicted molar refractivity (Wildman–Crippen MR) is 81.6 cm³/mol. The third-order valence-corrected chi connectivity index (χ3v) is 3.53. The maximum absolute atomic E-state index is 5.75. The fraction of sp³-hybridized carbons (Fsp3) is 0.625. The molecule has 1 rings (SSSR count). The number of nitrogens with zero attached hydrogens (tertiary/aromatic N) is 1. The van der Waals surface area contributed by atoms with Crippen LogP contribution in [0.4, 0.5) is 0 Å². The van der Waals surface area contributed by atoms with Crippen LogP contribution < -0.4 is 10.5 Å². The van der Waals surface area contributed by atoms with E-state index in [9.17, 15) is 0 Å². The van der Waals surface area contributed by atoms with Gasteiger partial charge in [-0.3, -0.25) is 0 Å². The van der Waals surface area contributed by atoms with Crippen molar-refractivity contribution in [3.05, 3.63) is 29.3 Å². The second kappa shape index (κ2) is 7.51. The molecule has 1 aromatic carbocycles. The Hall–Kier alpha value is -1.06. The lowest BCUT2D eigenvalue weighted by Gasteiger charge is -2.27. The van der Waals surface area contributed by atoms with Crippen LogP contribution in [0.3, 0.4) is 0 Å². The highest BCUT2D eigenvalue weighted by molar-refractivity contribution is 5.37. The molecule has 108 valence electrons. The molecule has 0 spiro atoms. The van der Waals surface area contributed by atoms with E-state index in [4.69, 9.17) is 10.5 Å². The highest BCUT2D eigenvalue weighted by atomic mass is 16.5. The summed E-state index contributed by atoms with van der Waals surface area (Å²) < 4.78 is 5.60. The zero-order valence-electron chi connectivity index (χ0n) is 12.9. The quantitative estimate of drug-likeness (QED) is 0.823. The molecule has 0 aliphatic rings. The zero-order valence-corrected chi connectivity index (χ0v) is 12.9. The summed E-state index contributed by atoms with van der Waals surface area (Å²) in [6.45, 7) is 7.77. The van der Waals surface area contributed by atoms with Crippen LogP contribution in [0, 0.1) is 12.8 Å². The van der Waals surface area contributed by atoms with Crippen LogP contribution in [-0.2, 0) is 0 Å². The van der Waals surface area contributed by atoms with Gasteiger partial charge in [-0.05, 0) is 64.0 Å². The van der Waals surface area contributed by atoms with E-state index in [1.165, 1.54) is 11.1 Å². The van der Waals surface area contributed by atoms with Gasteiger partial charge in [0.1, 0.15) is 5.75 Å². The molecule has 2 N–H and O–H groups in total. The highest BCUT2D eigenvalue weighted by Crippen LogP contribution is 2.29. The molecule has 0 bridgehead atoms. The largest absolute Gasteiger partial charge is 0.494 e. The molecule has 0 amide bonds. The van der Waals surface area contributed by atoms with Crippen molar-refractivity contribution >= 4 is 0 Å². The molecule has 0 aliphatic carbocycles. The van der Waals surface area contributed by atoms with E-state index in [-0.39, 0.29) is 0 Å².